The van der Waals surface area contributed by atoms with Gasteiger partial charge >= 0.3 is 0 Å². The maximum atomic E-state index is 6.04. The molecule has 0 radical (unpaired) electrons. The van der Waals surface area contributed by atoms with Gasteiger partial charge in [-0.2, -0.15) is 0 Å². The summed E-state index contributed by atoms with van der Waals surface area (Å²) in [4.78, 5) is 0. The van der Waals surface area contributed by atoms with Crippen molar-refractivity contribution in [2.75, 3.05) is 6.61 Å². The Kier molecular flexibility index (Phi) is 4.11. The molecule has 0 amide bonds. The average Bonchev–Trinajstić information content (AvgIpc) is 2.40. The first-order valence-corrected chi connectivity index (χ1v) is 7.93. The number of hydrazine groups is 1. The highest BCUT2D eigenvalue weighted by atomic mass is 16.5. The van der Waals surface area contributed by atoms with Crippen LogP contribution >= 0.6 is 0 Å². The Bertz CT molecular complexity index is 433. The maximum Gasteiger partial charge on any atom is 0.0861 e. The second-order valence-electron chi connectivity index (χ2n) is 6.51. The molecule has 3 nitrogen and oxygen atoms in total. The molecule has 0 aromatic heterocycles. The van der Waals surface area contributed by atoms with Crippen molar-refractivity contribution in [1.82, 2.24) is 5.43 Å². The van der Waals surface area contributed by atoms with Gasteiger partial charge in [0.25, 0.3) is 0 Å². The maximum absolute atomic E-state index is 6.04. The van der Waals surface area contributed by atoms with E-state index in [0.717, 1.165) is 25.4 Å². The highest BCUT2D eigenvalue weighted by molar-refractivity contribution is 5.30. The molecular formula is C17H26N2O. The lowest BCUT2D eigenvalue weighted by atomic mass is 9.79. The molecule has 2 aliphatic rings. The van der Waals surface area contributed by atoms with Gasteiger partial charge in [-0.25, -0.2) is 0 Å². The Hall–Kier alpha value is -0.900. The zero-order chi connectivity index (χ0) is 14.0. The van der Waals surface area contributed by atoms with Gasteiger partial charge in [0.2, 0.25) is 0 Å². The van der Waals surface area contributed by atoms with E-state index in [-0.39, 0.29) is 11.6 Å². The minimum Gasteiger partial charge on any atom is -0.373 e. The molecule has 1 saturated heterocycles. The van der Waals surface area contributed by atoms with Crippen LogP contribution in [0.5, 0.6) is 0 Å². The van der Waals surface area contributed by atoms with E-state index < -0.39 is 0 Å². The first-order valence-electron chi connectivity index (χ1n) is 7.93. The Morgan fingerprint density at radius 3 is 2.45 bits per heavy atom. The highest BCUT2D eigenvalue weighted by Gasteiger charge is 2.37. The molecule has 2 atom stereocenters. The molecule has 3 N–H and O–H groups in total. The van der Waals surface area contributed by atoms with Gasteiger partial charge in [0.15, 0.2) is 0 Å². The third-order valence-electron chi connectivity index (χ3n) is 5.12. The number of hydrogen-bond donors (Lipinski definition) is 2. The van der Waals surface area contributed by atoms with Crippen molar-refractivity contribution in [3.63, 3.8) is 0 Å². The van der Waals surface area contributed by atoms with Crippen LogP contribution in [0.25, 0.3) is 0 Å². The third-order valence-corrected chi connectivity index (χ3v) is 5.12. The summed E-state index contributed by atoms with van der Waals surface area (Å²) in [7, 11) is 0. The van der Waals surface area contributed by atoms with Crippen LogP contribution in [-0.2, 0) is 4.74 Å². The van der Waals surface area contributed by atoms with Crippen molar-refractivity contribution < 1.29 is 4.74 Å². The van der Waals surface area contributed by atoms with E-state index in [2.05, 4.69) is 36.6 Å². The highest BCUT2D eigenvalue weighted by Crippen LogP contribution is 2.39. The van der Waals surface area contributed by atoms with Crippen LogP contribution in [-0.4, -0.2) is 12.2 Å². The summed E-state index contributed by atoms with van der Waals surface area (Å²) in [6.07, 6.45) is 7.51. The lowest BCUT2D eigenvalue weighted by Gasteiger charge is -2.40. The van der Waals surface area contributed by atoms with E-state index in [4.69, 9.17) is 10.6 Å². The van der Waals surface area contributed by atoms with Gasteiger partial charge in [0, 0.05) is 6.61 Å². The van der Waals surface area contributed by atoms with E-state index in [1.165, 1.54) is 36.8 Å². The molecule has 1 aliphatic carbocycles. The smallest absolute Gasteiger partial charge is 0.0861 e. The van der Waals surface area contributed by atoms with Gasteiger partial charge in [-0.05, 0) is 56.1 Å². The Balaban J connectivity index is 1.77. The number of hydrogen-bond acceptors (Lipinski definition) is 3. The number of nitrogens with two attached hydrogens (primary N) is 1. The number of ether oxygens (including phenoxy) is 1. The normalized spacial score (nSPS) is 28.9. The van der Waals surface area contributed by atoms with Crippen LogP contribution in [0.15, 0.2) is 24.3 Å². The Morgan fingerprint density at radius 2 is 1.95 bits per heavy atom. The standard InChI is InChI=1S/C17H26N2O/c1-17(11-2-3-12-20-17)16(19-18)15-9-7-14(8-10-15)13-5-4-6-13/h7-10,13,16,19H,2-6,11-12,18H2,1H3. The average molecular weight is 274 g/mol. The Labute approximate surface area is 121 Å². The van der Waals surface area contributed by atoms with Gasteiger partial charge in [0.05, 0.1) is 11.6 Å². The monoisotopic (exact) mass is 274 g/mol. The van der Waals surface area contributed by atoms with Crippen LogP contribution in [0.1, 0.15) is 68.5 Å². The number of nitrogens with one attached hydrogen (secondary N) is 1. The predicted molar refractivity (Wildman–Crippen MR) is 81.3 cm³/mol. The molecule has 110 valence electrons. The minimum absolute atomic E-state index is 0.0678. The quantitative estimate of drug-likeness (QED) is 0.653. The lowest BCUT2D eigenvalue weighted by Crippen LogP contribution is -2.48. The van der Waals surface area contributed by atoms with Crippen LogP contribution in [0.2, 0.25) is 0 Å². The first kappa shape index (κ1) is 14.1. The zero-order valence-corrected chi connectivity index (χ0v) is 12.4. The van der Waals surface area contributed by atoms with Crippen molar-refractivity contribution in [2.45, 2.75) is 63.0 Å². The third kappa shape index (κ3) is 2.62. The second kappa shape index (κ2) is 5.84. The fourth-order valence-corrected chi connectivity index (χ4v) is 3.51. The summed E-state index contributed by atoms with van der Waals surface area (Å²) < 4.78 is 6.04. The zero-order valence-electron chi connectivity index (χ0n) is 12.4. The van der Waals surface area contributed by atoms with Crippen molar-refractivity contribution >= 4 is 0 Å². The summed E-state index contributed by atoms with van der Waals surface area (Å²) in [5, 5.41) is 0. The summed E-state index contributed by atoms with van der Waals surface area (Å²) in [5.41, 5.74) is 5.50. The van der Waals surface area contributed by atoms with Gasteiger partial charge in [-0.3, -0.25) is 11.3 Å². The van der Waals surface area contributed by atoms with Crippen molar-refractivity contribution in [3.05, 3.63) is 35.4 Å². The van der Waals surface area contributed by atoms with Crippen molar-refractivity contribution in [1.29, 1.82) is 0 Å². The molecule has 20 heavy (non-hydrogen) atoms. The molecule has 2 fully saturated rings. The van der Waals surface area contributed by atoms with E-state index in [0.29, 0.717) is 0 Å². The fourth-order valence-electron chi connectivity index (χ4n) is 3.51. The molecule has 0 spiro atoms. The van der Waals surface area contributed by atoms with Crippen LogP contribution in [0.3, 0.4) is 0 Å². The molecular weight excluding hydrogens is 248 g/mol. The van der Waals surface area contributed by atoms with E-state index >= 15 is 0 Å². The van der Waals surface area contributed by atoms with Crippen molar-refractivity contribution in [2.24, 2.45) is 5.84 Å². The van der Waals surface area contributed by atoms with E-state index in [9.17, 15) is 0 Å². The van der Waals surface area contributed by atoms with Gasteiger partial charge in [-0.15, -0.1) is 0 Å². The van der Waals surface area contributed by atoms with E-state index in [1.807, 2.05) is 0 Å². The summed E-state index contributed by atoms with van der Waals surface area (Å²) in [6.45, 7) is 3.02. The molecule has 1 aromatic rings. The lowest BCUT2D eigenvalue weighted by molar-refractivity contribution is -0.0899. The molecule has 0 bridgehead atoms. The summed E-state index contributed by atoms with van der Waals surface area (Å²) >= 11 is 0. The van der Waals surface area contributed by atoms with Gasteiger partial charge < -0.3 is 4.74 Å². The SMILES string of the molecule is CC1(C(NN)c2ccc(C3CCC3)cc2)CCCCO1. The molecule has 1 saturated carbocycles. The largest absolute Gasteiger partial charge is 0.373 e. The van der Waals surface area contributed by atoms with E-state index in [1.54, 1.807) is 0 Å². The molecule has 3 rings (SSSR count). The second-order valence-corrected chi connectivity index (χ2v) is 6.51. The van der Waals surface area contributed by atoms with Crippen LogP contribution in [0, 0.1) is 0 Å². The first-order chi connectivity index (χ1) is 9.73. The number of rotatable bonds is 4. The molecule has 1 aromatic carbocycles. The summed E-state index contributed by atoms with van der Waals surface area (Å²) in [6, 6.07) is 9.06. The summed E-state index contributed by atoms with van der Waals surface area (Å²) in [5.74, 6) is 6.61. The minimum atomic E-state index is -0.189. The van der Waals surface area contributed by atoms with Crippen LogP contribution < -0.4 is 11.3 Å². The van der Waals surface area contributed by atoms with Crippen molar-refractivity contribution in [3.8, 4) is 0 Å². The Morgan fingerprint density at radius 1 is 1.20 bits per heavy atom. The predicted octanol–water partition coefficient (Wildman–Crippen LogP) is 3.42. The van der Waals surface area contributed by atoms with Crippen LogP contribution in [0.4, 0.5) is 0 Å². The number of benzene rings is 1. The van der Waals surface area contributed by atoms with Gasteiger partial charge in [-0.1, -0.05) is 30.7 Å². The fraction of sp³-hybridized carbons (Fsp3) is 0.647. The molecule has 1 heterocycles. The molecule has 2 unspecified atom stereocenters. The molecule has 3 heteroatoms. The topological polar surface area (TPSA) is 47.3 Å². The molecule has 1 aliphatic heterocycles. The van der Waals surface area contributed by atoms with Gasteiger partial charge in [0.1, 0.15) is 0 Å².